The van der Waals surface area contributed by atoms with Crippen molar-refractivity contribution < 1.29 is 19.4 Å². The Hall–Kier alpha value is -5.00. The van der Waals surface area contributed by atoms with Gasteiger partial charge in [0.25, 0.3) is 5.91 Å². The maximum absolute atomic E-state index is 13.4. The van der Waals surface area contributed by atoms with Crippen molar-refractivity contribution in [3.63, 3.8) is 0 Å². The number of para-hydroxylation sites is 1. The van der Waals surface area contributed by atoms with E-state index in [1.54, 1.807) is 50.2 Å². The van der Waals surface area contributed by atoms with Crippen molar-refractivity contribution in [3.8, 4) is 34.5 Å². The van der Waals surface area contributed by atoms with Gasteiger partial charge in [0.05, 0.1) is 0 Å². The summed E-state index contributed by atoms with van der Waals surface area (Å²) in [5.74, 6) is 6.10. The number of carbonyl (C=O) groups excluding carboxylic acids is 2. The van der Waals surface area contributed by atoms with Crippen LogP contribution in [0.2, 0.25) is 0 Å². The van der Waals surface area contributed by atoms with Crippen molar-refractivity contribution in [2.75, 3.05) is 11.9 Å². The molecule has 2 aromatic heterocycles. The van der Waals surface area contributed by atoms with Crippen LogP contribution in [0.25, 0.3) is 11.1 Å². The minimum Gasteiger partial charge on any atom is -0.457 e. The molecule has 8 nitrogen and oxygen atoms in total. The molecule has 4 aromatic rings. The average Bonchev–Trinajstić information content (AvgIpc) is 3.08. The van der Waals surface area contributed by atoms with Crippen molar-refractivity contribution in [3.05, 3.63) is 102 Å². The number of nitrogens with one attached hydrogen (secondary N) is 1. The topological polar surface area (TPSA) is 105 Å². The van der Waals surface area contributed by atoms with E-state index in [0.717, 1.165) is 22.4 Å². The molecule has 41 heavy (non-hydrogen) atoms. The number of ether oxygens (including phenoxy) is 1. The highest BCUT2D eigenvalue weighted by atomic mass is 16.5. The van der Waals surface area contributed by atoms with Crippen molar-refractivity contribution in [1.82, 2.24) is 15.3 Å². The first-order valence-electron chi connectivity index (χ1n) is 13.3. The molecule has 0 unspecified atom stereocenters. The third-order valence-electron chi connectivity index (χ3n) is 6.62. The third-order valence-corrected chi connectivity index (χ3v) is 6.62. The summed E-state index contributed by atoms with van der Waals surface area (Å²) in [7, 11) is 1.72. The monoisotopic (exact) mass is 546 g/mol. The van der Waals surface area contributed by atoms with E-state index in [0.29, 0.717) is 30.0 Å². The number of pyridine rings is 2. The molecule has 0 aliphatic carbocycles. The number of hydrogen-bond donors (Lipinski definition) is 2. The van der Waals surface area contributed by atoms with E-state index in [4.69, 9.17) is 4.74 Å². The molecule has 3 heterocycles. The first kappa shape index (κ1) is 27.6. The maximum atomic E-state index is 13.4. The Bertz CT molecular complexity index is 1630. The number of fused-ring (bicyclic) bond motifs is 1. The van der Waals surface area contributed by atoms with E-state index < -0.39 is 17.6 Å². The Kier molecular flexibility index (Phi) is 7.81. The zero-order chi connectivity index (χ0) is 29.0. The van der Waals surface area contributed by atoms with Gasteiger partial charge in [-0.15, -0.1) is 0 Å². The SMILES string of the molecule is CN1C(=O)[C@@H](NC(=O)c2cc(Oc3ccccc3)ccn2)CCc2ccc(-c3ccc(C#CC(C)(C)O)nc3)cc21. The van der Waals surface area contributed by atoms with Crippen molar-refractivity contribution in [2.24, 2.45) is 0 Å². The van der Waals surface area contributed by atoms with Gasteiger partial charge in [-0.1, -0.05) is 42.3 Å². The molecule has 8 heteroatoms. The van der Waals surface area contributed by atoms with Gasteiger partial charge in [0, 0.05) is 36.8 Å². The molecular weight excluding hydrogens is 516 g/mol. The van der Waals surface area contributed by atoms with Crippen LogP contribution in [0.15, 0.2) is 85.2 Å². The molecule has 1 aliphatic heterocycles. The minimum absolute atomic E-state index is 0.168. The average molecular weight is 547 g/mol. The molecule has 2 amide bonds. The van der Waals surface area contributed by atoms with E-state index >= 15 is 0 Å². The molecule has 0 fully saturated rings. The third kappa shape index (κ3) is 6.78. The minimum atomic E-state index is -1.09. The van der Waals surface area contributed by atoms with Gasteiger partial charge in [0.2, 0.25) is 5.91 Å². The standard InChI is InChI=1S/C33H30N4O4/c1-33(2,40)17-15-25-13-11-24(21-35-25)23-10-9-22-12-14-28(32(39)37(3)30(22)19-23)36-31(38)29-20-27(16-18-34-29)41-26-7-5-4-6-8-26/h4-11,13,16,18-21,28,40H,12,14H2,1-3H3,(H,36,38)/t28-/m0/s1. The predicted molar refractivity (Wildman–Crippen MR) is 157 cm³/mol. The van der Waals surface area contributed by atoms with E-state index in [-0.39, 0.29) is 11.6 Å². The zero-order valence-corrected chi connectivity index (χ0v) is 23.1. The molecule has 206 valence electrons. The second-order valence-electron chi connectivity index (χ2n) is 10.3. The highest BCUT2D eigenvalue weighted by Gasteiger charge is 2.30. The first-order chi connectivity index (χ1) is 19.7. The van der Waals surface area contributed by atoms with Gasteiger partial charge >= 0.3 is 0 Å². The lowest BCUT2D eigenvalue weighted by molar-refractivity contribution is -0.120. The number of carbonyl (C=O) groups is 2. The lowest BCUT2D eigenvalue weighted by atomic mass is 10.0. The van der Waals surface area contributed by atoms with Gasteiger partial charge < -0.3 is 20.1 Å². The number of rotatable bonds is 5. The Morgan fingerprint density at radius 3 is 2.54 bits per heavy atom. The van der Waals surface area contributed by atoms with E-state index in [9.17, 15) is 14.7 Å². The number of nitrogens with zero attached hydrogens (tertiary/aromatic N) is 3. The van der Waals surface area contributed by atoms with Crippen LogP contribution in [0, 0.1) is 11.8 Å². The molecular formula is C33H30N4O4. The Morgan fingerprint density at radius 1 is 1.02 bits per heavy atom. The highest BCUT2D eigenvalue weighted by molar-refractivity contribution is 6.02. The number of aliphatic hydroxyl groups is 1. The van der Waals surface area contributed by atoms with Crippen LogP contribution in [0.1, 0.15) is 42.0 Å². The second-order valence-corrected chi connectivity index (χ2v) is 10.3. The van der Waals surface area contributed by atoms with Crippen LogP contribution >= 0.6 is 0 Å². The summed E-state index contributed by atoms with van der Waals surface area (Å²) in [5.41, 5.74) is 3.21. The summed E-state index contributed by atoms with van der Waals surface area (Å²) in [4.78, 5) is 36.7. The Balaban J connectivity index is 1.29. The number of hydrogen-bond acceptors (Lipinski definition) is 6. The van der Waals surface area contributed by atoms with Gasteiger partial charge in [-0.25, -0.2) is 4.98 Å². The van der Waals surface area contributed by atoms with Gasteiger partial charge in [-0.3, -0.25) is 14.6 Å². The fourth-order valence-electron chi connectivity index (χ4n) is 4.49. The maximum Gasteiger partial charge on any atom is 0.270 e. The zero-order valence-electron chi connectivity index (χ0n) is 23.1. The summed E-state index contributed by atoms with van der Waals surface area (Å²) in [6.07, 6.45) is 4.30. The lowest BCUT2D eigenvalue weighted by Gasteiger charge is -2.22. The van der Waals surface area contributed by atoms with Gasteiger partial charge in [0.1, 0.15) is 34.5 Å². The predicted octanol–water partition coefficient (Wildman–Crippen LogP) is 4.77. The molecule has 2 aromatic carbocycles. The normalized spacial score (nSPS) is 14.8. The summed E-state index contributed by atoms with van der Waals surface area (Å²) in [5, 5.41) is 12.7. The quantitative estimate of drug-likeness (QED) is 0.350. The first-order valence-corrected chi connectivity index (χ1v) is 13.3. The van der Waals surface area contributed by atoms with Gasteiger partial charge in [-0.2, -0.15) is 0 Å². The highest BCUT2D eigenvalue weighted by Crippen LogP contribution is 2.31. The molecule has 1 aliphatic rings. The number of aryl methyl sites for hydroxylation is 1. The van der Waals surface area contributed by atoms with Crippen molar-refractivity contribution in [2.45, 2.75) is 38.3 Å². The molecule has 0 bridgehead atoms. The van der Waals surface area contributed by atoms with Crippen LogP contribution in [0.5, 0.6) is 11.5 Å². The van der Waals surface area contributed by atoms with Crippen LogP contribution in [0.3, 0.4) is 0 Å². The lowest BCUT2D eigenvalue weighted by Crippen LogP contribution is -2.46. The number of aromatic nitrogens is 2. The molecule has 0 saturated heterocycles. The molecule has 0 spiro atoms. The summed E-state index contributed by atoms with van der Waals surface area (Å²) in [6.45, 7) is 3.24. The molecule has 1 atom stereocenters. The van der Waals surface area contributed by atoms with Crippen LogP contribution in [0.4, 0.5) is 5.69 Å². The smallest absolute Gasteiger partial charge is 0.270 e. The van der Waals surface area contributed by atoms with Gasteiger partial charge in [0.15, 0.2) is 0 Å². The summed E-state index contributed by atoms with van der Waals surface area (Å²) < 4.78 is 5.82. The molecule has 0 radical (unpaired) electrons. The van der Waals surface area contributed by atoms with Gasteiger partial charge in [-0.05, 0) is 74.1 Å². The van der Waals surface area contributed by atoms with Crippen LogP contribution < -0.4 is 15.0 Å². The Morgan fingerprint density at radius 2 is 1.80 bits per heavy atom. The van der Waals surface area contributed by atoms with E-state index in [1.165, 1.54) is 6.20 Å². The number of anilines is 1. The van der Waals surface area contributed by atoms with Crippen LogP contribution in [-0.2, 0) is 11.2 Å². The van der Waals surface area contributed by atoms with Crippen molar-refractivity contribution in [1.29, 1.82) is 0 Å². The van der Waals surface area contributed by atoms with E-state index in [2.05, 4.69) is 27.1 Å². The Labute approximate surface area is 239 Å². The fraction of sp³-hybridized carbons (Fsp3) is 0.212. The fourth-order valence-corrected chi connectivity index (χ4v) is 4.49. The molecule has 2 N–H and O–H groups in total. The van der Waals surface area contributed by atoms with Crippen molar-refractivity contribution >= 4 is 17.5 Å². The molecule has 5 rings (SSSR count). The largest absolute Gasteiger partial charge is 0.457 e. The van der Waals surface area contributed by atoms with Crippen LogP contribution in [-0.4, -0.2) is 45.6 Å². The number of benzene rings is 2. The van der Waals surface area contributed by atoms with E-state index in [1.807, 2.05) is 54.6 Å². The second kappa shape index (κ2) is 11.6. The summed E-state index contributed by atoms with van der Waals surface area (Å²) in [6, 6.07) is 21.5. The summed E-state index contributed by atoms with van der Waals surface area (Å²) >= 11 is 0. The number of likely N-dealkylation sites (N-methyl/N-ethyl adjacent to an activating group) is 1. The molecule has 0 saturated carbocycles. The number of amides is 2.